The minimum atomic E-state index is 0.386. The van der Waals surface area contributed by atoms with Crippen LogP contribution >= 0.6 is 11.6 Å². The van der Waals surface area contributed by atoms with Gasteiger partial charge in [0.1, 0.15) is 10.9 Å². The van der Waals surface area contributed by atoms with Crippen molar-refractivity contribution in [1.82, 2.24) is 14.9 Å². The normalized spacial score (nSPS) is 22.2. The number of hydrogen-bond acceptors (Lipinski definition) is 4. The van der Waals surface area contributed by atoms with Gasteiger partial charge in [-0.2, -0.15) is 0 Å². The molecule has 1 aliphatic carbocycles. The third-order valence-corrected chi connectivity index (χ3v) is 7.10. The number of allylic oxidation sites excluding steroid dienone is 3. The van der Waals surface area contributed by atoms with Gasteiger partial charge in [0.2, 0.25) is 0 Å². The Hall–Kier alpha value is -1.52. The fourth-order valence-corrected chi connectivity index (χ4v) is 5.28. The number of aromatic nitrogens is 2. The van der Waals surface area contributed by atoms with Gasteiger partial charge in [-0.1, -0.05) is 62.9 Å². The van der Waals surface area contributed by atoms with E-state index >= 15 is 0 Å². The Kier molecular flexibility index (Phi) is 11.1. The Labute approximate surface area is 201 Å². The Bertz CT molecular complexity index is 814. The molecule has 0 aromatic carbocycles. The van der Waals surface area contributed by atoms with Crippen LogP contribution in [0.15, 0.2) is 29.4 Å². The number of likely N-dealkylation sites (tertiary alicyclic amines) is 1. The van der Waals surface area contributed by atoms with Gasteiger partial charge in [0.15, 0.2) is 5.82 Å². The van der Waals surface area contributed by atoms with Crippen LogP contribution in [0.2, 0.25) is 5.15 Å². The SMILES string of the molecule is C=C1CCCC[C@@H]1/C(C)=C(\CCC)C(=N)c1nc(Cl)cc(CC[C@@H]2CCCN2C)n1.CC. The van der Waals surface area contributed by atoms with E-state index in [4.69, 9.17) is 22.0 Å². The van der Waals surface area contributed by atoms with E-state index in [1.54, 1.807) is 0 Å². The summed E-state index contributed by atoms with van der Waals surface area (Å²) in [4.78, 5) is 11.7. The fourth-order valence-electron chi connectivity index (χ4n) is 5.08. The Morgan fingerprint density at radius 1 is 1.22 bits per heavy atom. The lowest BCUT2D eigenvalue weighted by Gasteiger charge is -2.27. The standard InChI is InChI=1S/C25H37ClN4.C2H6/c1-5-9-22(18(3)21-12-7-6-10-17(21)2)24(27)25-28-19(16-23(26)29-25)13-14-20-11-8-15-30(20)4;1-2/h16,20-21,27H,2,5-15H2,1,3-4H3;1-2H3/b22-18+,27-24?;/t20-,21-;/m0./s1. The van der Waals surface area contributed by atoms with E-state index in [-0.39, 0.29) is 0 Å². The van der Waals surface area contributed by atoms with E-state index < -0.39 is 0 Å². The minimum absolute atomic E-state index is 0.386. The van der Waals surface area contributed by atoms with E-state index in [2.05, 4.69) is 37.4 Å². The first-order valence-electron chi connectivity index (χ1n) is 12.6. The molecule has 0 amide bonds. The summed E-state index contributed by atoms with van der Waals surface area (Å²) in [6.45, 7) is 13.9. The average molecular weight is 459 g/mol. The van der Waals surface area contributed by atoms with Crippen molar-refractivity contribution in [3.05, 3.63) is 46.0 Å². The summed E-state index contributed by atoms with van der Waals surface area (Å²) in [5, 5.41) is 9.39. The first-order valence-corrected chi connectivity index (χ1v) is 13.0. The second kappa shape index (κ2) is 13.3. The van der Waals surface area contributed by atoms with Gasteiger partial charge in [-0.05, 0) is 83.5 Å². The van der Waals surface area contributed by atoms with Crippen LogP contribution < -0.4 is 0 Å². The topological polar surface area (TPSA) is 52.9 Å². The van der Waals surface area contributed by atoms with Gasteiger partial charge in [-0.15, -0.1) is 0 Å². The molecular formula is C27H43ClN4. The monoisotopic (exact) mass is 458 g/mol. The highest BCUT2D eigenvalue weighted by molar-refractivity contribution is 6.29. The highest BCUT2D eigenvalue weighted by atomic mass is 35.5. The van der Waals surface area contributed by atoms with Crippen LogP contribution in [0, 0.1) is 11.3 Å². The van der Waals surface area contributed by atoms with Gasteiger partial charge in [0.25, 0.3) is 0 Å². The van der Waals surface area contributed by atoms with Gasteiger partial charge >= 0.3 is 0 Å². The smallest absolute Gasteiger partial charge is 0.179 e. The quantitative estimate of drug-likeness (QED) is 0.250. The summed E-state index contributed by atoms with van der Waals surface area (Å²) in [6, 6.07) is 2.49. The summed E-state index contributed by atoms with van der Waals surface area (Å²) in [7, 11) is 2.20. The molecule has 1 aliphatic heterocycles. The second-order valence-corrected chi connectivity index (χ2v) is 9.45. The number of nitrogens with one attached hydrogen (secondary N) is 1. The summed E-state index contributed by atoms with van der Waals surface area (Å²) in [5.41, 5.74) is 5.06. The van der Waals surface area contributed by atoms with Crippen LogP contribution in [0.3, 0.4) is 0 Å². The molecule has 0 unspecified atom stereocenters. The van der Waals surface area contributed by atoms with Crippen LogP contribution in [0.5, 0.6) is 0 Å². The Morgan fingerprint density at radius 2 is 1.97 bits per heavy atom. The molecule has 1 aromatic rings. The highest BCUT2D eigenvalue weighted by Gasteiger charge is 2.24. The predicted molar refractivity (Wildman–Crippen MR) is 138 cm³/mol. The van der Waals surface area contributed by atoms with E-state index in [1.807, 2.05) is 19.9 Å². The van der Waals surface area contributed by atoms with Crippen LogP contribution in [0.4, 0.5) is 0 Å². The predicted octanol–water partition coefficient (Wildman–Crippen LogP) is 7.41. The molecule has 2 aliphatic rings. The van der Waals surface area contributed by atoms with Crippen molar-refractivity contribution >= 4 is 17.3 Å². The second-order valence-electron chi connectivity index (χ2n) is 9.06. The molecule has 0 radical (unpaired) electrons. The molecular weight excluding hydrogens is 416 g/mol. The van der Waals surface area contributed by atoms with Crippen molar-refractivity contribution in [1.29, 1.82) is 5.41 Å². The zero-order valence-corrected chi connectivity index (χ0v) is 21.7. The van der Waals surface area contributed by atoms with Gasteiger partial charge in [0, 0.05) is 17.7 Å². The molecule has 32 heavy (non-hydrogen) atoms. The van der Waals surface area contributed by atoms with Gasteiger partial charge in [0.05, 0.1) is 0 Å². The van der Waals surface area contributed by atoms with Crippen molar-refractivity contribution < 1.29 is 0 Å². The van der Waals surface area contributed by atoms with Crippen molar-refractivity contribution in [2.75, 3.05) is 13.6 Å². The lowest BCUT2D eigenvalue weighted by molar-refractivity contribution is 0.296. The fraction of sp³-hybridized carbons (Fsp3) is 0.667. The minimum Gasteiger partial charge on any atom is -0.303 e. The van der Waals surface area contributed by atoms with Crippen LogP contribution in [0.25, 0.3) is 0 Å². The first kappa shape index (κ1) is 26.7. The molecule has 4 nitrogen and oxygen atoms in total. The van der Waals surface area contributed by atoms with Crippen molar-refractivity contribution in [3.63, 3.8) is 0 Å². The van der Waals surface area contributed by atoms with Crippen molar-refractivity contribution in [2.45, 2.75) is 97.9 Å². The molecule has 0 spiro atoms. The first-order chi connectivity index (χ1) is 15.4. The zero-order valence-electron chi connectivity index (χ0n) is 20.9. The molecule has 0 bridgehead atoms. The molecule has 1 saturated carbocycles. The third kappa shape index (κ3) is 6.99. The molecule has 1 saturated heterocycles. The zero-order chi connectivity index (χ0) is 23.7. The molecule has 3 rings (SSSR count). The lowest BCUT2D eigenvalue weighted by Crippen LogP contribution is -2.25. The van der Waals surface area contributed by atoms with Gasteiger partial charge in [-0.3, -0.25) is 5.41 Å². The molecule has 1 N–H and O–H groups in total. The molecule has 2 atom stereocenters. The number of rotatable bonds is 8. The van der Waals surface area contributed by atoms with Gasteiger partial charge < -0.3 is 4.90 Å². The maximum Gasteiger partial charge on any atom is 0.179 e. The molecule has 178 valence electrons. The number of halogens is 1. The highest BCUT2D eigenvalue weighted by Crippen LogP contribution is 2.36. The maximum atomic E-state index is 8.95. The number of hydrogen-bond donors (Lipinski definition) is 1. The van der Waals surface area contributed by atoms with Crippen LogP contribution in [0.1, 0.15) is 97.0 Å². The lowest BCUT2D eigenvalue weighted by atomic mass is 9.78. The molecule has 2 fully saturated rings. The average Bonchev–Trinajstić information content (AvgIpc) is 3.21. The Balaban J connectivity index is 0.00000176. The van der Waals surface area contributed by atoms with Crippen LogP contribution in [-0.2, 0) is 6.42 Å². The van der Waals surface area contributed by atoms with Crippen molar-refractivity contribution in [2.24, 2.45) is 5.92 Å². The summed E-state index contributed by atoms with van der Waals surface area (Å²) in [5.74, 6) is 0.860. The van der Waals surface area contributed by atoms with Crippen LogP contribution in [-0.4, -0.2) is 40.2 Å². The molecule has 2 heterocycles. The summed E-state index contributed by atoms with van der Waals surface area (Å²) in [6.07, 6.45) is 11.1. The van der Waals surface area contributed by atoms with E-state index in [9.17, 15) is 0 Å². The Morgan fingerprint density at radius 3 is 2.59 bits per heavy atom. The van der Waals surface area contributed by atoms with E-state index in [1.165, 1.54) is 43.4 Å². The largest absolute Gasteiger partial charge is 0.303 e. The number of nitrogens with zero attached hydrogens (tertiary/aromatic N) is 3. The van der Waals surface area contributed by atoms with Crippen molar-refractivity contribution in [3.8, 4) is 0 Å². The van der Waals surface area contributed by atoms with E-state index in [0.29, 0.717) is 28.6 Å². The summed E-state index contributed by atoms with van der Waals surface area (Å²) < 4.78 is 0. The summed E-state index contributed by atoms with van der Waals surface area (Å²) >= 11 is 6.36. The van der Waals surface area contributed by atoms with Gasteiger partial charge in [-0.25, -0.2) is 9.97 Å². The molecule has 1 aromatic heterocycles. The maximum absolute atomic E-state index is 8.95. The van der Waals surface area contributed by atoms with E-state index in [0.717, 1.165) is 49.8 Å². The molecule has 5 heteroatoms. The number of aryl methyl sites for hydroxylation is 1. The third-order valence-electron chi connectivity index (χ3n) is 6.91.